The fourth-order valence-corrected chi connectivity index (χ4v) is 4.65. The molecule has 2 bridgehead atoms. The molecule has 172 valence electrons. The van der Waals surface area contributed by atoms with Crippen LogP contribution in [-0.2, 0) is 4.79 Å². The fourth-order valence-electron chi connectivity index (χ4n) is 4.65. The van der Waals surface area contributed by atoms with Gasteiger partial charge in [0.05, 0.1) is 10.3 Å². The highest BCUT2D eigenvalue weighted by Crippen LogP contribution is 2.52. The van der Waals surface area contributed by atoms with Crippen molar-refractivity contribution in [2.75, 3.05) is 10.6 Å². The third-order valence-electron chi connectivity index (χ3n) is 6.55. The first-order chi connectivity index (χ1) is 16.3. The van der Waals surface area contributed by atoms with Crippen LogP contribution in [0.5, 0.6) is 0 Å². The molecule has 1 aromatic heterocycles. The second-order valence-corrected chi connectivity index (χ2v) is 8.81. The van der Waals surface area contributed by atoms with Crippen LogP contribution in [0.1, 0.15) is 30.1 Å². The van der Waals surface area contributed by atoms with Crippen LogP contribution >= 0.6 is 0 Å². The molecule has 34 heavy (non-hydrogen) atoms. The SMILES string of the molecule is C[C@@]1(C(=O)Nc2cccc(C(=O)Nc3nnc(-c4ccc([N+](=O)[O-])cc4)o3)c2)C[C@H]2C=C[C@H]1C2. The van der Waals surface area contributed by atoms with Gasteiger partial charge in [-0.2, -0.15) is 0 Å². The molecular weight excluding hydrogens is 438 g/mol. The van der Waals surface area contributed by atoms with Gasteiger partial charge in [0.15, 0.2) is 0 Å². The first kappa shape index (κ1) is 21.5. The van der Waals surface area contributed by atoms with Gasteiger partial charge in [-0.1, -0.05) is 30.2 Å². The van der Waals surface area contributed by atoms with Crippen molar-refractivity contribution in [1.29, 1.82) is 0 Å². The number of nitrogens with one attached hydrogen (secondary N) is 2. The van der Waals surface area contributed by atoms with Gasteiger partial charge in [0.25, 0.3) is 11.6 Å². The van der Waals surface area contributed by atoms with E-state index in [-0.39, 0.29) is 29.4 Å². The molecule has 10 heteroatoms. The Bertz CT molecular complexity index is 1320. The van der Waals surface area contributed by atoms with Gasteiger partial charge in [-0.15, -0.1) is 5.10 Å². The Kier molecular flexibility index (Phi) is 5.20. The molecule has 2 aliphatic rings. The Hall–Kier alpha value is -4.34. The minimum Gasteiger partial charge on any atom is -0.403 e. The Morgan fingerprint density at radius 1 is 1.12 bits per heavy atom. The maximum absolute atomic E-state index is 13.0. The molecule has 0 saturated heterocycles. The summed E-state index contributed by atoms with van der Waals surface area (Å²) >= 11 is 0. The number of nitro benzene ring substituents is 1. The number of benzene rings is 2. The number of rotatable bonds is 6. The van der Waals surface area contributed by atoms with Crippen molar-refractivity contribution in [1.82, 2.24) is 10.2 Å². The summed E-state index contributed by atoms with van der Waals surface area (Å²) in [5, 5.41) is 24.0. The molecule has 0 unspecified atom stereocenters. The van der Waals surface area contributed by atoms with E-state index < -0.39 is 16.2 Å². The number of carbonyl (C=O) groups is 2. The number of hydrogen-bond donors (Lipinski definition) is 2. The van der Waals surface area contributed by atoms with Crippen molar-refractivity contribution in [3.63, 3.8) is 0 Å². The number of carbonyl (C=O) groups excluding carboxylic acids is 2. The summed E-state index contributed by atoms with van der Waals surface area (Å²) in [7, 11) is 0. The van der Waals surface area contributed by atoms with Crippen molar-refractivity contribution in [2.24, 2.45) is 17.3 Å². The van der Waals surface area contributed by atoms with Crippen LogP contribution in [0.2, 0.25) is 0 Å². The highest BCUT2D eigenvalue weighted by molar-refractivity contribution is 6.04. The molecule has 1 fully saturated rings. The number of fused-ring (bicyclic) bond motifs is 2. The lowest BCUT2D eigenvalue weighted by atomic mass is 9.77. The van der Waals surface area contributed by atoms with Gasteiger partial charge in [0, 0.05) is 28.9 Å². The lowest BCUT2D eigenvalue weighted by molar-refractivity contribution is -0.384. The Labute approximate surface area is 194 Å². The minimum atomic E-state index is -0.505. The Morgan fingerprint density at radius 2 is 1.91 bits per heavy atom. The van der Waals surface area contributed by atoms with Gasteiger partial charge in [-0.3, -0.25) is 25.0 Å². The number of nitrogens with zero attached hydrogens (tertiary/aromatic N) is 3. The van der Waals surface area contributed by atoms with Gasteiger partial charge >= 0.3 is 6.01 Å². The molecule has 0 aliphatic heterocycles. The third-order valence-corrected chi connectivity index (χ3v) is 6.55. The van der Waals surface area contributed by atoms with Crippen molar-refractivity contribution in [2.45, 2.75) is 19.8 Å². The number of nitro groups is 1. The monoisotopic (exact) mass is 459 g/mol. The summed E-state index contributed by atoms with van der Waals surface area (Å²) in [5.41, 5.74) is 0.811. The topological polar surface area (TPSA) is 140 Å². The summed E-state index contributed by atoms with van der Waals surface area (Å²) in [6.07, 6.45) is 6.16. The lowest BCUT2D eigenvalue weighted by Crippen LogP contribution is -2.36. The van der Waals surface area contributed by atoms with Gasteiger partial charge in [0.2, 0.25) is 11.8 Å². The van der Waals surface area contributed by atoms with E-state index >= 15 is 0 Å². The number of amides is 2. The number of aromatic nitrogens is 2. The zero-order valence-corrected chi connectivity index (χ0v) is 18.2. The van der Waals surface area contributed by atoms with E-state index in [9.17, 15) is 19.7 Å². The van der Waals surface area contributed by atoms with Gasteiger partial charge in [-0.25, -0.2) is 0 Å². The Balaban J connectivity index is 1.25. The van der Waals surface area contributed by atoms with Crippen molar-refractivity contribution < 1.29 is 18.9 Å². The largest absolute Gasteiger partial charge is 0.403 e. The van der Waals surface area contributed by atoms with E-state index in [1.165, 1.54) is 24.3 Å². The predicted octanol–water partition coefficient (Wildman–Crippen LogP) is 4.44. The summed E-state index contributed by atoms with van der Waals surface area (Å²) in [6.45, 7) is 1.99. The first-order valence-corrected chi connectivity index (χ1v) is 10.8. The van der Waals surface area contributed by atoms with Crippen LogP contribution in [0.25, 0.3) is 11.5 Å². The molecule has 1 heterocycles. The van der Waals surface area contributed by atoms with Crippen LogP contribution in [0.3, 0.4) is 0 Å². The number of allylic oxidation sites excluding steroid dienone is 2. The molecule has 2 amide bonds. The summed E-state index contributed by atoms with van der Waals surface area (Å²) in [6, 6.07) is 12.1. The fraction of sp³-hybridized carbons (Fsp3) is 0.250. The van der Waals surface area contributed by atoms with Crippen molar-refractivity contribution in [3.05, 3.63) is 76.4 Å². The highest BCUT2D eigenvalue weighted by Gasteiger charge is 2.49. The van der Waals surface area contributed by atoms with Crippen LogP contribution in [0.4, 0.5) is 17.4 Å². The first-order valence-electron chi connectivity index (χ1n) is 10.8. The Morgan fingerprint density at radius 3 is 2.59 bits per heavy atom. The van der Waals surface area contributed by atoms with Crippen LogP contribution in [-0.4, -0.2) is 26.9 Å². The zero-order valence-electron chi connectivity index (χ0n) is 18.2. The highest BCUT2D eigenvalue weighted by atomic mass is 16.6. The molecule has 3 atom stereocenters. The molecule has 0 radical (unpaired) electrons. The molecule has 0 spiro atoms. The summed E-state index contributed by atoms with van der Waals surface area (Å²) in [5.74, 6) is 0.282. The van der Waals surface area contributed by atoms with Gasteiger partial charge in [0.1, 0.15) is 0 Å². The van der Waals surface area contributed by atoms with Crippen LogP contribution in [0, 0.1) is 27.4 Å². The molecule has 10 nitrogen and oxygen atoms in total. The second-order valence-electron chi connectivity index (χ2n) is 8.81. The maximum atomic E-state index is 13.0. The van der Waals surface area contributed by atoms with E-state index in [0.717, 1.165) is 12.8 Å². The minimum absolute atomic E-state index is 0.0495. The third kappa shape index (κ3) is 3.94. The standard InChI is InChI=1S/C24H21N5O5/c1-24(13-14-5-8-17(24)11-14)22(31)25-18-4-2-3-16(12-18)20(30)26-23-28-27-21(34-23)15-6-9-19(10-7-15)29(32)33/h2-10,12,14,17H,11,13H2,1H3,(H,25,31)(H,26,28,30)/t14-,17-,24+/m0/s1. The molecule has 3 aromatic rings. The van der Waals surface area contributed by atoms with Crippen molar-refractivity contribution in [3.8, 4) is 11.5 Å². The lowest BCUT2D eigenvalue weighted by Gasteiger charge is -2.29. The quantitative estimate of drug-likeness (QED) is 0.315. The molecule has 5 rings (SSSR count). The van der Waals surface area contributed by atoms with Crippen molar-refractivity contribution >= 4 is 29.2 Å². The van der Waals surface area contributed by atoms with E-state index in [1.54, 1.807) is 24.3 Å². The number of anilines is 2. The molecule has 2 aliphatic carbocycles. The smallest absolute Gasteiger partial charge is 0.322 e. The van der Waals surface area contributed by atoms with Gasteiger partial charge < -0.3 is 9.73 Å². The molecular formula is C24H21N5O5. The normalized spacial score (nSPS) is 22.5. The molecule has 2 N–H and O–H groups in total. The summed E-state index contributed by atoms with van der Waals surface area (Å²) in [4.78, 5) is 36.0. The van der Waals surface area contributed by atoms with Crippen LogP contribution in [0.15, 0.2) is 65.1 Å². The van der Waals surface area contributed by atoms with E-state index in [1.807, 2.05) is 6.92 Å². The average Bonchev–Trinajstić information content (AvgIpc) is 3.56. The molecule has 1 saturated carbocycles. The number of non-ortho nitro benzene ring substituents is 1. The predicted molar refractivity (Wildman–Crippen MR) is 123 cm³/mol. The molecule has 2 aromatic carbocycles. The van der Waals surface area contributed by atoms with Gasteiger partial charge in [-0.05, 0) is 55.0 Å². The average molecular weight is 459 g/mol. The maximum Gasteiger partial charge on any atom is 0.322 e. The van der Waals surface area contributed by atoms with E-state index in [0.29, 0.717) is 22.7 Å². The summed E-state index contributed by atoms with van der Waals surface area (Å²) < 4.78 is 5.47. The van der Waals surface area contributed by atoms with E-state index in [2.05, 4.69) is 33.0 Å². The van der Waals surface area contributed by atoms with E-state index in [4.69, 9.17) is 4.42 Å². The zero-order chi connectivity index (χ0) is 23.9. The second kappa shape index (κ2) is 8.22. The van der Waals surface area contributed by atoms with Crippen LogP contribution < -0.4 is 10.6 Å². The number of hydrogen-bond acceptors (Lipinski definition) is 7.